The number of amides is 1. The first-order chi connectivity index (χ1) is 12.0. The third-order valence-corrected chi connectivity index (χ3v) is 4.04. The van der Waals surface area contributed by atoms with Gasteiger partial charge in [0.15, 0.2) is 17.5 Å². The fraction of sp³-hybridized carbons (Fsp3) is 0.529. The number of methoxy groups -OCH3 is 1. The lowest BCUT2D eigenvalue weighted by Gasteiger charge is -2.32. The molecule has 0 aromatic heterocycles. The monoisotopic (exact) mass is 480 g/mol. The summed E-state index contributed by atoms with van der Waals surface area (Å²) in [6.07, 6.45) is 1.30. The van der Waals surface area contributed by atoms with Crippen LogP contribution in [0.4, 0.5) is 9.18 Å². The first-order valence-electron chi connectivity index (χ1n) is 8.38. The van der Waals surface area contributed by atoms with Gasteiger partial charge in [-0.2, -0.15) is 0 Å². The third kappa shape index (κ3) is 6.50. The molecule has 1 aromatic carbocycles. The van der Waals surface area contributed by atoms with Crippen molar-refractivity contribution in [3.63, 3.8) is 0 Å². The summed E-state index contributed by atoms with van der Waals surface area (Å²) in [5, 5.41) is 15.7. The van der Waals surface area contributed by atoms with Gasteiger partial charge in [0.2, 0.25) is 0 Å². The highest BCUT2D eigenvalue weighted by atomic mass is 127. The smallest absolute Gasteiger partial charge is 0.409 e. The predicted octanol–water partition coefficient (Wildman–Crippen LogP) is 2.44. The standard InChI is InChI=1S/C17H25FN4O3.HI/c1-3-19-16(20-11-12-4-5-15(23)14(18)10-12)21-13-6-8-22(9-7-13)17(24)25-2;/h4-5,10,13,23H,3,6-9,11H2,1-2H3,(H2,19,20,21);1H. The number of nitrogens with one attached hydrogen (secondary N) is 2. The maximum Gasteiger partial charge on any atom is 0.409 e. The molecule has 1 fully saturated rings. The number of nitrogens with zero attached hydrogens (tertiary/aromatic N) is 2. The van der Waals surface area contributed by atoms with Crippen LogP contribution in [0.5, 0.6) is 5.75 Å². The van der Waals surface area contributed by atoms with Gasteiger partial charge in [-0.05, 0) is 37.5 Å². The number of hydrogen-bond donors (Lipinski definition) is 3. The zero-order valence-corrected chi connectivity index (χ0v) is 17.3. The van der Waals surface area contributed by atoms with Crippen molar-refractivity contribution < 1.29 is 19.0 Å². The molecule has 1 aliphatic rings. The van der Waals surface area contributed by atoms with Gasteiger partial charge in [-0.25, -0.2) is 14.2 Å². The number of likely N-dealkylation sites (tertiary alicyclic amines) is 1. The van der Waals surface area contributed by atoms with E-state index in [1.165, 1.54) is 19.2 Å². The zero-order chi connectivity index (χ0) is 18.2. The molecular formula is C17H26FIN4O3. The summed E-state index contributed by atoms with van der Waals surface area (Å²) in [7, 11) is 1.38. The molecule has 3 N–H and O–H groups in total. The molecule has 9 heteroatoms. The summed E-state index contributed by atoms with van der Waals surface area (Å²) in [6.45, 7) is 4.24. The van der Waals surface area contributed by atoms with Crippen molar-refractivity contribution in [3.05, 3.63) is 29.6 Å². The molecule has 1 saturated heterocycles. The Kier molecular flexibility index (Phi) is 9.46. The van der Waals surface area contributed by atoms with E-state index >= 15 is 0 Å². The minimum Gasteiger partial charge on any atom is -0.505 e. The summed E-state index contributed by atoms with van der Waals surface area (Å²) in [4.78, 5) is 17.6. The van der Waals surface area contributed by atoms with E-state index in [0.29, 0.717) is 37.7 Å². The van der Waals surface area contributed by atoms with E-state index in [4.69, 9.17) is 4.74 Å². The molecule has 7 nitrogen and oxygen atoms in total. The van der Waals surface area contributed by atoms with E-state index in [2.05, 4.69) is 15.6 Å². The fourth-order valence-electron chi connectivity index (χ4n) is 2.67. The van der Waals surface area contributed by atoms with Gasteiger partial charge in [0.25, 0.3) is 0 Å². The van der Waals surface area contributed by atoms with Crippen LogP contribution in [-0.4, -0.2) is 54.8 Å². The molecule has 0 spiro atoms. The first-order valence-corrected chi connectivity index (χ1v) is 8.38. The molecule has 1 aromatic rings. The van der Waals surface area contributed by atoms with Gasteiger partial charge in [-0.1, -0.05) is 6.07 Å². The number of guanidine groups is 1. The van der Waals surface area contributed by atoms with Gasteiger partial charge < -0.3 is 25.4 Å². The number of phenols is 1. The number of aromatic hydroxyl groups is 1. The minimum absolute atomic E-state index is 0. The Morgan fingerprint density at radius 1 is 1.42 bits per heavy atom. The van der Waals surface area contributed by atoms with Crippen LogP contribution in [0.1, 0.15) is 25.3 Å². The second-order valence-electron chi connectivity index (χ2n) is 5.86. The van der Waals surface area contributed by atoms with Crippen molar-refractivity contribution in [2.24, 2.45) is 4.99 Å². The Bertz CT molecular complexity index is 622. The minimum atomic E-state index is -0.652. The van der Waals surface area contributed by atoms with Crippen LogP contribution >= 0.6 is 24.0 Å². The van der Waals surface area contributed by atoms with Gasteiger partial charge in [0, 0.05) is 25.7 Å². The summed E-state index contributed by atoms with van der Waals surface area (Å²) in [6, 6.07) is 4.44. The van der Waals surface area contributed by atoms with E-state index in [0.717, 1.165) is 12.8 Å². The Morgan fingerprint density at radius 2 is 2.12 bits per heavy atom. The van der Waals surface area contributed by atoms with Crippen molar-refractivity contribution in [1.29, 1.82) is 0 Å². The lowest BCUT2D eigenvalue weighted by molar-refractivity contribution is 0.111. The highest BCUT2D eigenvalue weighted by molar-refractivity contribution is 14.0. The summed E-state index contributed by atoms with van der Waals surface area (Å²) < 4.78 is 18.1. The van der Waals surface area contributed by atoms with Crippen molar-refractivity contribution >= 4 is 36.0 Å². The average Bonchev–Trinajstić information content (AvgIpc) is 2.62. The Balaban J connectivity index is 0.00000338. The van der Waals surface area contributed by atoms with E-state index in [1.807, 2.05) is 6.92 Å². The number of halogens is 2. The maximum atomic E-state index is 13.4. The van der Waals surface area contributed by atoms with Gasteiger partial charge >= 0.3 is 6.09 Å². The topological polar surface area (TPSA) is 86.2 Å². The molecule has 1 heterocycles. The van der Waals surface area contributed by atoms with E-state index in [-0.39, 0.29) is 41.9 Å². The predicted molar refractivity (Wildman–Crippen MR) is 108 cm³/mol. The van der Waals surface area contributed by atoms with Crippen molar-refractivity contribution in [3.8, 4) is 5.75 Å². The summed E-state index contributed by atoms with van der Waals surface area (Å²) in [5.74, 6) is -0.372. The van der Waals surface area contributed by atoms with E-state index in [9.17, 15) is 14.3 Å². The second-order valence-corrected chi connectivity index (χ2v) is 5.86. The molecular weight excluding hydrogens is 454 g/mol. The van der Waals surface area contributed by atoms with Crippen molar-refractivity contribution in [2.75, 3.05) is 26.7 Å². The third-order valence-electron chi connectivity index (χ3n) is 4.04. The van der Waals surface area contributed by atoms with Gasteiger partial charge in [0.1, 0.15) is 0 Å². The fourth-order valence-corrected chi connectivity index (χ4v) is 2.67. The lowest BCUT2D eigenvalue weighted by Crippen LogP contribution is -2.49. The molecule has 146 valence electrons. The SMILES string of the molecule is CCNC(=NCc1ccc(O)c(F)c1)NC1CCN(C(=O)OC)CC1.I. The number of carbonyl (C=O) groups is 1. The Labute approximate surface area is 170 Å². The van der Waals surface area contributed by atoms with Crippen LogP contribution in [0.2, 0.25) is 0 Å². The van der Waals surface area contributed by atoms with Crippen LogP contribution in [0, 0.1) is 5.82 Å². The van der Waals surface area contributed by atoms with Crippen LogP contribution < -0.4 is 10.6 Å². The molecule has 26 heavy (non-hydrogen) atoms. The van der Waals surface area contributed by atoms with Gasteiger partial charge in [0.05, 0.1) is 13.7 Å². The molecule has 0 aliphatic carbocycles. The highest BCUT2D eigenvalue weighted by Crippen LogP contribution is 2.16. The largest absolute Gasteiger partial charge is 0.505 e. The Hall–Kier alpha value is -1.78. The molecule has 0 bridgehead atoms. The number of carbonyl (C=O) groups excluding carboxylic acids is 1. The lowest BCUT2D eigenvalue weighted by atomic mass is 10.1. The molecule has 1 amide bonds. The number of phenolic OH excluding ortho intramolecular Hbond substituents is 1. The van der Waals surface area contributed by atoms with Gasteiger partial charge in [-0.15, -0.1) is 24.0 Å². The van der Waals surface area contributed by atoms with Crippen LogP contribution in [0.3, 0.4) is 0 Å². The average molecular weight is 480 g/mol. The quantitative estimate of drug-likeness (QED) is 0.350. The number of aliphatic imine (C=N–C) groups is 1. The van der Waals surface area contributed by atoms with Gasteiger partial charge in [-0.3, -0.25) is 0 Å². The number of piperidine rings is 1. The maximum absolute atomic E-state index is 13.4. The van der Waals surface area contributed by atoms with E-state index in [1.54, 1.807) is 11.0 Å². The molecule has 0 saturated carbocycles. The molecule has 1 aliphatic heterocycles. The van der Waals surface area contributed by atoms with E-state index < -0.39 is 5.82 Å². The molecule has 2 rings (SSSR count). The van der Waals surface area contributed by atoms with Crippen molar-refractivity contribution in [2.45, 2.75) is 32.4 Å². The molecule has 0 atom stereocenters. The molecule has 0 radical (unpaired) electrons. The van der Waals surface area contributed by atoms with Crippen molar-refractivity contribution in [1.82, 2.24) is 15.5 Å². The summed E-state index contributed by atoms with van der Waals surface area (Å²) in [5.41, 5.74) is 0.674. The summed E-state index contributed by atoms with van der Waals surface area (Å²) >= 11 is 0. The Morgan fingerprint density at radius 3 is 2.69 bits per heavy atom. The van der Waals surface area contributed by atoms with Crippen LogP contribution in [-0.2, 0) is 11.3 Å². The highest BCUT2D eigenvalue weighted by Gasteiger charge is 2.23. The number of hydrogen-bond acceptors (Lipinski definition) is 4. The number of ether oxygens (including phenoxy) is 1. The second kappa shape index (κ2) is 11.0. The normalized spacial score (nSPS) is 15.2. The number of rotatable bonds is 4. The zero-order valence-electron chi connectivity index (χ0n) is 15.0. The molecule has 0 unspecified atom stereocenters. The first kappa shape index (κ1) is 22.3. The number of benzene rings is 1. The van der Waals surface area contributed by atoms with Crippen LogP contribution in [0.25, 0.3) is 0 Å². The van der Waals surface area contributed by atoms with Crippen LogP contribution in [0.15, 0.2) is 23.2 Å².